The van der Waals surface area contributed by atoms with Gasteiger partial charge in [-0.05, 0) is 55.4 Å². The molecule has 0 saturated carbocycles. The molecule has 0 amide bonds. The summed E-state index contributed by atoms with van der Waals surface area (Å²) in [5.41, 5.74) is -1.13. The highest BCUT2D eigenvalue weighted by atomic mass is 32.1. The summed E-state index contributed by atoms with van der Waals surface area (Å²) in [7, 11) is 1.65. The molecule has 0 N–H and O–H groups in total. The maximum Gasteiger partial charge on any atom is 0.326 e. The van der Waals surface area contributed by atoms with E-state index in [4.69, 9.17) is 19.0 Å². The zero-order valence-corrected chi connectivity index (χ0v) is 22.5. The van der Waals surface area contributed by atoms with Gasteiger partial charge in [0.05, 0.1) is 30.7 Å². The van der Waals surface area contributed by atoms with Crippen molar-refractivity contribution in [2.75, 3.05) is 45.8 Å². The Labute approximate surface area is 200 Å². The molecule has 32 heavy (non-hydrogen) atoms. The molecule has 0 aromatic rings. The first-order valence-corrected chi connectivity index (χ1v) is 11.9. The minimum atomic E-state index is -0.597. The van der Waals surface area contributed by atoms with Crippen molar-refractivity contribution in [3.8, 4) is 0 Å². The van der Waals surface area contributed by atoms with Crippen molar-refractivity contribution in [2.24, 2.45) is 0 Å². The second kappa shape index (κ2) is 14.4. The SMILES string of the molecule is CN(COC(C)(C)C)OC(=O)CCN(CCS)CCC(=O)OC(C)(C)CCOC(C)(C)C. The van der Waals surface area contributed by atoms with Gasteiger partial charge in [0, 0.05) is 38.9 Å². The zero-order valence-electron chi connectivity index (χ0n) is 21.7. The maximum absolute atomic E-state index is 12.3. The van der Waals surface area contributed by atoms with Gasteiger partial charge in [-0.2, -0.15) is 12.6 Å². The number of hydrogen-bond donors (Lipinski definition) is 1. The van der Waals surface area contributed by atoms with Gasteiger partial charge in [0.2, 0.25) is 0 Å². The molecule has 0 spiro atoms. The van der Waals surface area contributed by atoms with Crippen LogP contribution in [-0.2, 0) is 28.6 Å². The van der Waals surface area contributed by atoms with Crippen molar-refractivity contribution in [3.05, 3.63) is 0 Å². The molecule has 0 saturated heterocycles. The molecule has 9 heteroatoms. The minimum absolute atomic E-state index is 0.192. The van der Waals surface area contributed by atoms with Crippen LogP contribution in [-0.4, -0.2) is 84.5 Å². The molecule has 0 bridgehead atoms. The summed E-state index contributed by atoms with van der Waals surface area (Å²) in [5.74, 6) is 0.00674. The fourth-order valence-electron chi connectivity index (χ4n) is 2.52. The summed E-state index contributed by atoms with van der Waals surface area (Å²) < 4.78 is 16.9. The van der Waals surface area contributed by atoms with Crippen molar-refractivity contribution in [1.82, 2.24) is 9.96 Å². The molecule has 0 radical (unpaired) electrons. The molecule has 0 aromatic heterocycles. The summed E-state index contributed by atoms with van der Waals surface area (Å²) in [6.45, 7) is 17.9. The van der Waals surface area contributed by atoms with E-state index >= 15 is 0 Å². The van der Waals surface area contributed by atoms with Gasteiger partial charge in [-0.3, -0.25) is 9.59 Å². The van der Waals surface area contributed by atoms with E-state index in [2.05, 4.69) is 12.6 Å². The molecule has 0 aromatic carbocycles. The Hall–Kier alpha value is -0.870. The third-order valence-corrected chi connectivity index (χ3v) is 4.45. The van der Waals surface area contributed by atoms with Crippen LogP contribution in [0.15, 0.2) is 0 Å². The third-order valence-electron chi connectivity index (χ3n) is 4.25. The molecule has 0 atom stereocenters. The normalized spacial score (nSPS) is 13.0. The summed E-state index contributed by atoms with van der Waals surface area (Å²) in [4.78, 5) is 31.7. The van der Waals surface area contributed by atoms with E-state index in [0.717, 1.165) is 0 Å². The van der Waals surface area contributed by atoms with Crippen LogP contribution in [0.4, 0.5) is 0 Å². The molecule has 0 fully saturated rings. The van der Waals surface area contributed by atoms with Gasteiger partial charge >= 0.3 is 11.9 Å². The van der Waals surface area contributed by atoms with Crippen LogP contribution in [0.5, 0.6) is 0 Å². The fourth-order valence-corrected chi connectivity index (χ4v) is 2.80. The quantitative estimate of drug-likeness (QED) is 0.165. The number of ether oxygens (including phenoxy) is 3. The first-order chi connectivity index (χ1) is 14.5. The number of carbonyl (C=O) groups is 2. The highest BCUT2D eigenvalue weighted by Gasteiger charge is 2.24. The summed E-state index contributed by atoms with van der Waals surface area (Å²) in [5, 5.41) is 1.37. The van der Waals surface area contributed by atoms with Gasteiger partial charge in [0.25, 0.3) is 0 Å². The summed E-state index contributed by atoms with van der Waals surface area (Å²) >= 11 is 4.28. The lowest BCUT2D eigenvalue weighted by Crippen LogP contribution is -2.35. The van der Waals surface area contributed by atoms with Crippen LogP contribution in [0.3, 0.4) is 0 Å². The lowest BCUT2D eigenvalue weighted by Gasteiger charge is -2.28. The molecule has 0 heterocycles. The van der Waals surface area contributed by atoms with Crippen molar-refractivity contribution in [2.45, 2.75) is 91.5 Å². The van der Waals surface area contributed by atoms with Crippen LogP contribution >= 0.6 is 12.6 Å². The Morgan fingerprint density at radius 3 is 1.84 bits per heavy atom. The standard InChI is InChI=1S/C23H46N2O6S/c1-21(2,3)28-16-12-23(7,8)30-19(26)10-13-25(15-17-32)14-11-20(27)31-24(9)18-29-22(4,5)6/h32H,10-18H2,1-9H3. The van der Waals surface area contributed by atoms with Gasteiger partial charge in [0.15, 0.2) is 0 Å². The second-order valence-corrected chi connectivity index (χ2v) is 10.9. The first-order valence-electron chi connectivity index (χ1n) is 11.3. The summed E-state index contributed by atoms with van der Waals surface area (Å²) in [6, 6.07) is 0. The molecular weight excluding hydrogens is 432 g/mol. The Morgan fingerprint density at radius 2 is 1.34 bits per heavy atom. The smallest absolute Gasteiger partial charge is 0.326 e. The Bertz CT molecular complexity index is 558. The third kappa shape index (κ3) is 18.7. The highest BCUT2D eigenvalue weighted by Crippen LogP contribution is 2.18. The van der Waals surface area contributed by atoms with Crippen molar-refractivity contribution >= 4 is 24.6 Å². The predicted octanol–water partition coefficient (Wildman–Crippen LogP) is 3.69. The Kier molecular flexibility index (Phi) is 14.0. The van der Waals surface area contributed by atoms with Crippen LogP contribution < -0.4 is 0 Å². The number of carbonyl (C=O) groups excluding carboxylic acids is 2. The van der Waals surface area contributed by atoms with E-state index in [9.17, 15) is 9.59 Å². The number of hydroxylamine groups is 2. The van der Waals surface area contributed by atoms with E-state index in [1.54, 1.807) is 7.05 Å². The van der Waals surface area contributed by atoms with E-state index in [1.165, 1.54) is 5.06 Å². The van der Waals surface area contributed by atoms with Crippen LogP contribution in [0.1, 0.15) is 74.7 Å². The summed E-state index contributed by atoms with van der Waals surface area (Å²) in [6.07, 6.45) is 1.07. The highest BCUT2D eigenvalue weighted by molar-refractivity contribution is 7.80. The fraction of sp³-hybridized carbons (Fsp3) is 0.913. The molecule has 0 aliphatic heterocycles. The number of rotatable bonds is 15. The number of nitrogens with zero attached hydrogens (tertiary/aromatic N) is 2. The van der Waals surface area contributed by atoms with Gasteiger partial charge in [-0.25, -0.2) is 0 Å². The van der Waals surface area contributed by atoms with E-state index < -0.39 is 5.60 Å². The van der Waals surface area contributed by atoms with E-state index in [0.29, 0.717) is 38.4 Å². The molecule has 0 rings (SSSR count). The molecule has 0 aliphatic carbocycles. The van der Waals surface area contributed by atoms with E-state index in [1.807, 2.05) is 60.3 Å². The van der Waals surface area contributed by atoms with E-state index in [-0.39, 0.29) is 42.7 Å². The molecule has 0 aliphatic rings. The van der Waals surface area contributed by atoms with Crippen molar-refractivity contribution in [3.63, 3.8) is 0 Å². The minimum Gasteiger partial charge on any atom is -0.460 e. The first kappa shape index (κ1) is 31.1. The Balaban J connectivity index is 4.36. The molecular formula is C23H46N2O6S. The maximum atomic E-state index is 12.3. The number of hydrogen-bond acceptors (Lipinski definition) is 9. The van der Waals surface area contributed by atoms with Gasteiger partial charge < -0.3 is 23.9 Å². The molecule has 0 unspecified atom stereocenters. The van der Waals surface area contributed by atoms with Crippen molar-refractivity contribution in [1.29, 1.82) is 0 Å². The van der Waals surface area contributed by atoms with Crippen LogP contribution in [0, 0.1) is 0 Å². The average Bonchev–Trinajstić information content (AvgIpc) is 2.60. The number of esters is 1. The Morgan fingerprint density at radius 1 is 0.812 bits per heavy atom. The van der Waals surface area contributed by atoms with Gasteiger partial charge in [-0.15, -0.1) is 5.06 Å². The molecule has 190 valence electrons. The lowest BCUT2D eigenvalue weighted by molar-refractivity contribution is -0.216. The number of thiol groups is 1. The average molecular weight is 479 g/mol. The van der Waals surface area contributed by atoms with Crippen LogP contribution in [0.2, 0.25) is 0 Å². The largest absolute Gasteiger partial charge is 0.460 e. The monoisotopic (exact) mass is 478 g/mol. The topological polar surface area (TPSA) is 77.5 Å². The predicted molar refractivity (Wildman–Crippen MR) is 130 cm³/mol. The van der Waals surface area contributed by atoms with Crippen LogP contribution in [0.25, 0.3) is 0 Å². The van der Waals surface area contributed by atoms with Crippen molar-refractivity contribution < 1.29 is 28.6 Å². The van der Waals surface area contributed by atoms with Gasteiger partial charge in [0.1, 0.15) is 12.3 Å². The van der Waals surface area contributed by atoms with Gasteiger partial charge in [-0.1, -0.05) is 0 Å². The zero-order chi connectivity index (χ0) is 25.0. The molecule has 8 nitrogen and oxygen atoms in total. The second-order valence-electron chi connectivity index (χ2n) is 10.5. The lowest BCUT2D eigenvalue weighted by atomic mass is 10.1.